The maximum Gasteiger partial charge on any atom is 0.217 e. The van der Waals surface area contributed by atoms with Crippen LogP contribution in [-0.4, -0.2) is 34.6 Å². The van der Waals surface area contributed by atoms with E-state index in [-0.39, 0.29) is 5.82 Å². The average molecular weight is 383 g/mol. The van der Waals surface area contributed by atoms with Crippen molar-refractivity contribution in [2.24, 2.45) is 7.05 Å². The van der Waals surface area contributed by atoms with Crippen LogP contribution in [0.3, 0.4) is 0 Å². The number of aryl methyl sites for hydroxylation is 1. The lowest BCUT2D eigenvalue weighted by Gasteiger charge is -2.03. The Morgan fingerprint density at radius 2 is 2.12 bits per heavy atom. The Morgan fingerprint density at radius 3 is 2.96 bits per heavy atom. The van der Waals surface area contributed by atoms with E-state index in [0.717, 1.165) is 16.0 Å². The molecule has 0 fully saturated rings. The quantitative estimate of drug-likeness (QED) is 0.475. The van der Waals surface area contributed by atoms with Crippen LogP contribution in [0, 0.1) is 5.82 Å². The van der Waals surface area contributed by atoms with Crippen molar-refractivity contribution in [3.63, 3.8) is 0 Å². The van der Waals surface area contributed by atoms with Crippen molar-refractivity contribution < 1.29 is 4.39 Å². The molecule has 0 saturated heterocycles. The van der Waals surface area contributed by atoms with Crippen LogP contribution >= 0.6 is 23.1 Å². The lowest BCUT2D eigenvalue weighted by atomic mass is 10.2. The molecule has 128 valence electrons. The van der Waals surface area contributed by atoms with Gasteiger partial charge in [0.25, 0.3) is 0 Å². The Bertz CT molecular complexity index is 1260. The van der Waals surface area contributed by atoms with Crippen molar-refractivity contribution in [3.05, 3.63) is 48.0 Å². The van der Waals surface area contributed by atoms with Crippen LogP contribution in [0.15, 0.2) is 52.2 Å². The molecule has 4 heterocycles. The molecule has 0 N–H and O–H groups in total. The molecule has 1 aromatic carbocycles. The second-order valence-electron chi connectivity index (χ2n) is 5.58. The van der Waals surface area contributed by atoms with E-state index in [2.05, 4.69) is 25.4 Å². The molecule has 26 heavy (non-hydrogen) atoms. The molecule has 0 aliphatic rings. The molecule has 0 bridgehead atoms. The number of nitrogens with zero attached hydrogens (tertiary/aromatic N) is 7. The molecule has 4 aromatic heterocycles. The third-order valence-electron chi connectivity index (χ3n) is 3.82. The summed E-state index contributed by atoms with van der Waals surface area (Å²) in [6, 6.07) is 6.90. The van der Waals surface area contributed by atoms with Crippen LogP contribution < -0.4 is 0 Å². The van der Waals surface area contributed by atoms with Gasteiger partial charge in [0.1, 0.15) is 5.82 Å². The van der Waals surface area contributed by atoms with Crippen molar-refractivity contribution in [3.8, 4) is 11.3 Å². The van der Waals surface area contributed by atoms with Gasteiger partial charge in [0.05, 0.1) is 32.5 Å². The fourth-order valence-electron chi connectivity index (χ4n) is 2.58. The average Bonchev–Trinajstić information content (AvgIpc) is 3.35. The highest BCUT2D eigenvalue weighted by atomic mass is 32.2. The van der Waals surface area contributed by atoms with Crippen molar-refractivity contribution in [2.75, 3.05) is 0 Å². The number of fused-ring (bicyclic) bond motifs is 2. The largest absolute Gasteiger partial charge is 0.275 e. The van der Waals surface area contributed by atoms with E-state index in [0.29, 0.717) is 21.2 Å². The van der Waals surface area contributed by atoms with Gasteiger partial charge >= 0.3 is 0 Å². The minimum absolute atomic E-state index is 0.339. The third kappa shape index (κ3) is 2.54. The van der Waals surface area contributed by atoms with Crippen molar-refractivity contribution in [1.29, 1.82) is 0 Å². The van der Waals surface area contributed by atoms with Crippen LogP contribution in [0.1, 0.15) is 0 Å². The molecule has 0 aliphatic heterocycles. The highest BCUT2D eigenvalue weighted by Gasteiger charge is 2.14. The van der Waals surface area contributed by atoms with Gasteiger partial charge in [-0.05, 0) is 30.0 Å². The smallest absolute Gasteiger partial charge is 0.217 e. The first-order valence-corrected chi connectivity index (χ1v) is 9.29. The van der Waals surface area contributed by atoms with Gasteiger partial charge in [-0.2, -0.15) is 14.7 Å². The number of halogens is 1. The first-order chi connectivity index (χ1) is 12.7. The van der Waals surface area contributed by atoms with E-state index in [4.69, 9.17) is 0 Å². The predicted octanol–water partition coefficient (Wildman–Crippen LogP) is 3.42. The molecule has 0 atom stereocenters. The summed E-state index contributed by atoms with van der Waals surface area (Å²) >= 11 is 2.66. The number of thiazole rings is 1. The zero-order valence-electron chi connectivity index (χ0n) is 13.4. The number of aromatic nitrogens is 7. The second kappa shape index (κ2) is 5.85. The Balaban J connectivity index is 1.58. The summed E-state index contributed by atoms with van der Waals surface area (Å²) in [6.07, 6.45) is 3.62. The van der Waals surface area contributed by atoms with Gasteiger partial charge in [0.2, 0.25) is 5.16 Å². The van der Waals surface area contributed by atoms with Gasteiger partial charge in [-0.25, -0.2) is 9.37 Å². The lowest BCUT2D eigenvalue weighted by Crippen LogP contribution is -1.96. The van der Waals surface area contributed by atoms with Gasteiger partial charge in [-0.3, -0.25) is 4.68 Å². The Kier molecular flexibility index (Phi) is 3.47. The third-order valence-corrected chi connectivity index (χ3v) is 5.58. The molecule has 0 amide bonds. The fraction of sp³-hybridized carbons (Fsp3) is 0.0625. The number of benzene rings is 1. The summed E-state index contributed by atoms with van der Waals surface area (Å²) in [7, 11) is 1.85. The molecule has 5 rings (SSSR count). The highest BCUT2D eigenvalue weighted by Crippen LogP contribution is 2.33. The van der Waals surface area contributed by atoms with Gasteiger partial charge in [0, 0.05) is 24.9 Å². The number of hydrogen-bond acceptors (Lipinski definition) is 7. The van der Waals surface area contributed by atoms with E-state index in [1.54, 1.807) is 27.0 Å². The molecule has 10 heteroatoms. The van der Waals surface area contributed by atoms with Crippen LogP contribution in [0.2, 0.25) is 0 Å². The maximum absolute atomic E-state index is 14.4. The SMILES string of the molecule is Cn1cc(-c2ccc3nnc(Sc4cc5scnc5cc4F)n3n2)cn1. The minimum Gasteiger partial charge on any atom is -0.275 e. The van der Waals surface area contributed by atoms with Gasteiger partial charge in [-0.15, -0.1) is 21.5 Å². The zero-order chi connectivity index (χ0) is 17.7. The number of rotatable bonds is 3. The minimum atomic E-state index is -0.339. The molecule has 7 nitrogen and oxygen atoms in total. The maximum atomic E-state index is 14.4. The Hall–Kier alpha value is -2.85. The molecule has 0 radical (unpaired) electrons. The van der Waals surface area contributed by atoms with Crippen LogP contribution in [-0.2, 0) is 7.05 Å². The topological polar surface area (TPSA) is 73.8 Å². The molecule has 0 unspecified atom stereocenters. The summed E-state index contributed by atoms with van der Waals surface area (Å²) in [5.74, 6) is -0.339. The molecule has 5 aromatic rings. The van der Waals surface area contributed by atoms with Crippen molar-refractivity contribution in [1.82, 2.24) is 34.6 Å². The van der Waals surface area contributed by atoms with Crippen LogP contribution in [0.25, 0.3) is 27.1 Å². The van der Waals surface area contributed by atoms with Crippen molar-refractivity contribution in [2.45, 2.75) is 10.1 Å². The van der Waals surface area contributed by atoms with E-state index in [9.17, 15) is 4.39 Å². The summed E-state index contributed by atoms with van der Waals surface area (Å²) < 4.78 is 18.6. The van der Waals surface area contributed by atoms with E-state index in [1.807, 2.05) is 25.4 Å². The summed E-state index contributed by atoms with van der Waals surface area (Å²) in [6.45, 7) is 0. The monoisotopic (exact) mass is 383 g/mol. The van der Waals surface area contributed by atoms with E-state index < -0.39 is 0 Å². The molecule has 0 spiro atoms. The van der Waals surface area contributed by atoms with Crippen LogP contribution in [0.5, 0.6) is 0 Å². The molecule has 0 aliphatic carbocycles. The van der Waals surface area contributed by atoms with E-state index >= 15 is 0 Å². The first-order valence-electron chi connectivity index (χ1n) is 7.59. The van der Waals surface area contributed by atoms with Crippen LogP contribution in [0.4, 0.5) is 4.39 Å². The van der Waals surface area contributed by atoms with Gasteiger partial charge < -0.3 is 0 Å². The predicted molar refractivity (Wildman–Crippen MR) is 96.7 cm³/mol. The fourth-order valence-corrected chi connectivity index (χ4v) is 4.18. The van der Waals surface area contributed by atoms with Gasteiger partial charge in [-0.1, -0.05) is 0 Å². The summed E-state index contributed by atoms with van der Waals surface area (Å²) in [5.41, 5.74) is 4.58. The first kappa shape index (κ1) is 15.4. The number of hydrogen-bond donors (Lipinski definition) is 0. The standard InChI is InChI=1S/C16H10FN7S2/c1-23-7-9(6-19-23)11-2-3-15-20-21-16(24(15)22-11)26-13-5-14-12(4-10(13)17)18-8-25-14/h2-8H,1H3. The van der Waals surface area contributed by atoms with E-state index in [1.165, 1.54) is 29.2 Å². The summed E-state index contributed by atoms with van der Waals surface area (Å²) in [4.78, 5) is 4.59. The normalized spacial score (nSPS) is 11.6. The Morgan fingerprint density at radius 1 is 1.19 bits per heavy atom. The highest BCUT2D eigenvalue weighted by molar-refractivity contribution is 7.99. The molecule has 0 saturated carbocycles. The van der Waals surface area contributed by atoms with Crippen molar-refractivity contribution >= 4 is 39.0 Å². The van der Waals surface area contributed by atoms with Gasteiger partial charge in [0.15, 0.2) is 5.65 Å². The summed E-state index contributed by atoms with van der Waals surface area (Å²) in [5, 5.41) is 17.5. The lowest BCUT2D eigenvalue weighted by molar-refractivity contribution is 0.603. The second-order valence-corrected chi connectivity index (χ2v) is 7.47. The Labute approximate surface area is 154 Å². The zero-order valence-corrected chi connectivity index (χ0v) is 15.0. The molecular weight excluding hydrogens is 373 g/mol. The molecular formula is C16H10FN7S2.